The van der Waals surface area contributed by atoms with Crippen LogP contribution < -0.4 is 0 Å². The predicted octanol–water partition coefficient (Wildman–Crippen LogP) is 2.30. The van der Waals surface area contributed by atoms with E-state index in [0.29, 0.717) is 4.77 Å². The van der Waals surface area contributed by atoms with Crippen LogP contribution in [0.15, 0.2) is 18.2 Å². The summed E-state index contributed by atoms with van der Waals surface area (Å²) in [4.78, 5) is 0. The lowest BCUT2D eigenvalue weighted by Gasteiger charge is -2.16. The van der Waals surface area contributed by atoms with Gasteiger partial charge in [-0.15, -0.1) is 0 Å². The molecule has 0 radical (unpaired) electrons. The Morgan fingerprint density at radius 1 is 1.47 bits per heavy atom. The minimum absolute atomic E-state index is 0.240. The number of benzene rings is 1. The van der Waals surface area contributed by atoms with E-state index >= 15 is 0 Å². The number of nitrogens with one attached hydrogen (secondary N) is 1. The summed E-state index contributed by atoms with van der Waals surface area (Å²) < 4.78 is 15.6. The molecule has 1 aliphatic rings. The molecule has 2 aromatic rings. The largest absolute Gasteiger partial charge is 0.300 e. The average Bonchev–Trinajstić information content (AvgIpc) is 2.61. The minimum Gasteiger partial charge on any atom is -0.300 e. The molecule has 0 unspecified atom stereocenters. The van der Waals surface area contributed by atoms with Gasteiger partial charge < -0.3 is 0 Å². The van der Waals surface area contributed by atoms with E-state index in [2.05, 4.69) is 10.2 Å². The van der Waals surface area contributed by atoms with Crippen molar-refractivity contribution in [3.05, 3.63) is 34.4 Å². The molecule has 1 aliphatic heterocycles. The van der Waals surface area contributed by atoms with Crippen LogP contribution >= 0.6 is 12.2 Å². The van der Waals surface area contributed by atoms with Gasteiger partial charge in [-0.3, -0.25) is 9.67 Å². The normalized spacial score (nSPS) is 13.4. The molecule has 76 valence electrons. The molecule has 0 amide bonds. The second-order valence-electron chi connectivity index (χ2n) is 3.56. The maximum atomic E-state index is 13.1. The maximum Gasteiger partial charge on any atom is 0.195 e. The van der Waals surface area contributed by atoms with Crippen molar-refractivity contribution in [2.75, 3.05) is 0 Å². The second kappa shape index (κ2) is 3.00. The summed E-state index contributed by atoms with van der Waals surface area (Å²) in [5.41, 5.74) is 1.96. The molecule has 0 atom stereocenters. The molecule has 0 fully saturated rings. The second-order valence-corrected chi connectivity index (χ2v) is 3.94. The Kier molecular flexibility index (Phi) is 1.76. The lowest BCUT2D eigenvalue weighted by atomic mass is 10.0. The molecule has 2 heterocycles. The number of rotatable bonds is 0. The van der Waals surface area contributed by atoms with Gasteiger partial charge in [-0.05, 0) is 36.3 Å². The molecule has 1 aromatic heterocycles. The molecule has 0 bridgehead atoms. The molecule has 0 saturated heterocycles. The van der Waals surface area contributed by atoms with Crippen LogP contribution in [0, 0.1) is 10.6 Å². The van der Waals surface area contributed by atoms with Gasteiger partial charge in [-0.2, -0.15) is 5.10 Å². The van der Waals surface area contributed by atoms with Crippen molar-refractivity contribution in [1.82, 2.24) is 14.8 Å². The summed E-state index contributed by atoms with van der Waals surface area (Å²) >= 11 is 5.09. The van der Waals surface area contributed by atoms with Gasteiger partial charge in [0, 0.05) is 12.1 Å². The fourth-order valence-electron chi connectivity index (χ4n) is 1.94. The van der Waals surface area contributed by atoms with E-state index in [-0.39, 0.29) is 5.82 Å². The Morgan fingerprint density at radius 2 is 2.33 bits per heavy atom. The Morgan fingerprint density at radius 3 is 3.20 bits per heavy atom. The Hall–Kier alpha value is -1.49. The van der Waals surface area contributed by atoms with Crippen molar-refractivity contribution < 1.29 is 4.39 Å². The fraction of sp³-hybridized carbons (Fsp3) is 0.200. The van der Waals surface area contributed by atoms with Crippen molar-refractivity contribution in [2.24, 2.45) is 0 Å². The first kappa shape index (κ1) is 8.79. The number of aryl methyl sites for hydroxylation is 1. The third-order valence-electron chi connectivity index (χ3n) is 2.68. The Bertz CT molecular complexity index is 585. The Balaban J connectivity index is 2.33. The van der Waals surface area contributed by atoms with Crippen molar-refractivity contribution in [3.8, 4) is 11.4 Å². The summed E-state index contributed by atoms with van der Waals surface area (Å²) in [5, 5.41) is 6.85. The smallest absolute Gasteiger partial charge is 0.195 e. The zero-order chi connectivity index (χ0) is 10.4. The van der Waals surface area contributed by atoms with Crippen LogP contribution in [0.2, 0.25) is 0 Å². The summed E-state index contributed by atoms with van der Waals surface area (Å²) in [6, 6.07) is 4.80. The summed E-state index contributed by atoms with van der Waals surface area (Å²) in [6.45, 7) is 0.809. The first-order chi connectivity index (χ1) is 7.25. The standard InChI is InChI=1S/C10H8FN3S/c11-7-2-1-6-3-4-14-9(8(6)5-7)12-13-10(14)15/h1-2,5H,3-4H2,(H,13,15). The van der Waals surface area contributed by atoms with Gasteiger partial charge in [0.05, 0.1) is 0 Å². The van der Waals surface area contributed by atoms with Gasteiger partial charge in [0.25, 0.3) is 0 Å². The van der Waals surface area contributed by atoms with Crippen molar-refractivity contribution in [2.45, 2.75) is 13.0 Å². The molecular formula is C10H8FN3S. The van der Waals surface area contributed by atoms with Gasteiger partial charge in [0.15, 0.2) is 10.6 Å². The topological polar surface area (TPSA) is 33.6 Å². The molecule has 1 aromatic carbocycles. The first-order valence-corrected chi connectivity index (χ1v) is 5.10. The van der Waals surface area contributed by atoms with Crippen molar-refractivity contribution >= 4 is 12.2 Å². The average molecular weight is 221 g/mol. The van der Waals surface area contributed by atoms with E-state index in [0.717, 1.165) is 29.9 Å². The lowest BCUT2D eigenvalue weighted by Crippen LogP contribution is -2.11. The van der Waals surface area contributed by atoms with E-state index in [1.165, 1.54) is 12.1 Å². The number of nitrogens with zero attached hydrogens (tertiary/aromatic N) is 2. The molecule has 5 heteroatoms. The van der Waals surface area contributed by atoms with Crippen molar-refractivity contribution in [3.63, 3.8) is 0 Å². The molecule has 1 N–H and O–H groups in total. The number of H-pyrrole nitrogens is 1. The number of aromatic amines is 1. The van der Waals surface area contributed by atoms with Gasteiger partial charge in [-0.25, -0.2) is 4.39 Å². The zero-order valence-corrected chi connectivity index (χ0v) is 8.64. The van der Waals surface area contributed by atoms with E-state index < -0.39 is 0 Å². The van der Waals surface area contributed by atoms with Gasteiger partial charge in [0.1, 0.15) is 5.82 Å². The maximum absolute atomic E-state index is 13.1. The molecule has 15 heavy (non-hydrogen) atoms. The monoisotopic (exact) mass is 221 g/mol. The first-order valence-electron chi connectivity index (χ1n) is 4.70. The van der Waals surface area contributed by atoms with Gasteiger partial charge in [0.2, 0.25) is 0 Å². The number of fused-ring (bicyclic) bond motifs is 3. The molecular weight excluding hydrogens is 213 g/mol. The van der Waals surface area contributed by atoms with Crippen LogP contribution in [0.25, 0.3) is 11.4 Å². The Labute approximate surface area is 90.6 Å². The van der Waals surface area contributed by atoms with E-state index in [9.17, 15) is 4.39 Å². The highest BCUT2D eigenvalue weighted by molar-refractivity contribution is 7.71. The third-order valence-corrected chi connectivity index (χ3v) is 2.99. The molecule has 3 rings (SSSR count). The van der Waals surface area contributed by atoms with E-state index in [4.69, 9.17) is 12.2 Å². The number of hydrogen-bond acceptors (Lipinski definition) is 2. The summed E-state index contributed by atoms with van der Waals surface area (Å²) in [6.07, 6.45) is 0.871. The predicted molar refractivity (Wildman–Crippen MR) is 56.5 cm³/mol. The third kappa shape index (κ3) is 1.23. The molecule has 0 spiro atoms. The molecule has 0 saturated carbocycles. The van der Waals surface area contributed by atoms with E-state index in [1.807, 2.05) is 10.6 Å². The fourth-order valence-corrected chi connectivity index (χ4v) is 2.16. The van der Waals surface area contributed by atoms with Crippen LogP contribution in [0.4, 0.5) is 4.39 Å². The van der Waals surface area contributed by atoms with Crippen molar-refractivity contribution in [1.29, 1.82) is 0 Å². The van der Waals surface area contributed by atoms with Crippen LogP contribution in [-0.2, 0) is 13.0 Å². The van der Waals surface area contributed by atoms with Gasteiger partial charge >= 0.3 is 0 Å². The van der Waals surface area contributed by atoms with E-state index in [1.54, 1.807) is 0 Å². The number of hydrogen-bond donors (Lipinski definition) is 1. The lowest BCUT2D eigenvalue weighted by molar-refractivity contribution is 0.621. The SMILES string of the molecule is Fc1ccc2c(c1)-c1n[nH]c(=S)n1CC2. The summed E-state index contributed by atoms with van der Waals surface area (Å²) in [7, 11) is 0. The number of aromatic nitrogens is 3. The highest BCUT2D eigenvalue weighted by atomic mass is 32.1. The highest BCUT2D eigenvalue weighted by Crippen LogP contribution is 2.28. The molecule has 0 aliphatic carbocycles. The van der Waals surface area contributed by atoms with Crippen LogP contribution in [0.5, 0.6) is 0 Å². The van der Waals surface area contributed by atoms with Crippen LogP contribution in [0.1, 0.15) is 5.56 Å². The quantitative estimate of drug-likeness (QED) is 0.692. The molecule has 3 nitrogen and oxygen atoms in total. The minimum atomic E-state index is -0.240. The summed E-state index contributed by atoms with van der Waals surface area (Å²) in [5.74, 6) is 0.497. The number of halogens is 1. The van der Waals surface area contributed by atoms with Gasteiger partial charge in [-0.1, -0.05) is 6.07 Å². The van der Waals surface area contributed by atoms with Crippen LogP contribution in [-0.4, -0.2) is 14.8 Å². The highest BCUT2D eigenvalue weighted by Gasteiger charge is 2.18. The van der Waals surface area contributed by atoms with Crippen LogP contribution in [0.3, 0.4) is 0 Å². The zero-order valence-electron chi connectivity index (χ0n) is 7.83.